The number of hydrogen-bond donors (Lipinski definition) is 2. The average molecular weight is 488 g/mol. The van der Waals surface area contributed by atoms with Crippen LogP contribution in [0.4, 0.5) is 17.3 Å². The molecular weight excluding hydrogens is 466 g/mol. The quantitative estimate of drug-likeness (QED) is 0.317. The average Bonchev–Trinajstić information content (AvgIpc) is 2.90. The summed E-state index contributed by atoms with van der Waals surface area (Å²) in [4.78, 5) is 25.9. The Labute approximate surface area is 213 Å². The highest BCUT2D eigenvalue weighted by atomic mass is 16.5. The summed E-state index contributed by atoms with van der Waals surface area (Å²) in [7, 11) is 0. The summed E-state index contributed by atoms with van der Waals surface area (Å²) in [6.45, 7) is 3.75. The molecule has 2 N–H and O–H groups in total. The van der Waals surface area contributed by atoms with Crippen LogP contribution in [0.25, 0.3) is 6.08 Å². The van der Waals surface area contributed by atoms with Crippen LogP contribution >= 0.6 is 0 Å². The number of carbonyl (C=O) groups is 1. The Balaban J connectivity index is 1.70. The van der Waals surface area contributed by atoms with E-state index < -0.39 is 5.91 Å². The van der Waals surface area contributed by atoms with Crippen molar-refractivity contribution in [1.29, 1.82) is 10.5 Å². The van der Waals surface area contributed by atoms with E-state index in [2.05, 4.69) is 31.7 Å². The second kappa shape index (κ2) is 11.3. The zero-order valence-electron chi connectivity index (χ0n) is 20.1. The Hall–Kier alpha value is -5.54. The second-order valence-electron chi connectivity index (χ2n) is 7.96. The molecule has 2 aromatic carbocycles. The maximum absolute atomic E-state index is 13.1. The molecule has 0 aliphatic heterocycles. The van der Waals surface area contributed by atoms with Gasteiger partial charge in [-0.25, -0.2) is 4.98 Å². The number of pyridine rings is 1. The van der Waals surface area contributed by atoms with Crippen molar-refractivity contribution in [3.63, 3.8) is 0 Å². The van der Waals surface area contributed by atoms with Crippen LogP contribution in [0.1, 0.15) is 32.6 Å². The lowest BCUT2D eigenvalue weighted by Gasteiger charge is -2.16. The Morgan fingerprint density at radius 2 is 1.70 bits per heavy atom. The van der Waals surface area contributed by atoms with E-state index in [0.717, 1.165) is 16.7 Å². The first kappa shape index (κ1) is 24.6. The number of anilines is 3. The molecule has 0 aliphatic rings. The van der Waals surface area contributed by atoms with E-state index >= 15 is 0 Å². The van der Waals surface area contributed by atoms with Crippen LogP contribution < -0.4 is 15.4 Å². The lowest BCUT2D eigenvalue weighted by molar-refractivity contribution is 0.102. The molecule has 0 fully saturated rings. The normalized spacial score (nSPS) is 10.4. The van der Waals surface area contributed by atoms with Crippen molar-refractivity contribution in [2.24, 2.45) is 0 Å². The van der Waals surface area contributed by atoms with Gasteiger partial charge in [0.2, 0.25) is 11.8 Å². The van der Waals surface area contributed by atoms with Gasteiger partial charge in [-0.2, -0.15) is 15.5 Å². The van der Waals surface area contributed by atoms with Crippen LogP contribution in [-0.2, 0) is 0 Å². The van der Waals surface area contributed by atoms with Gasteiger partial charge >= 0.3 is 0 Å². The number of aromatic nitrogens is 3. The summed E-state index contributed by atoms with van der Waals surface area (Å²) in [6, 6.07) is 18.0. The molecule has 180 valence electrons. The van der Waals surface area contributed by atoms with Gasteiger partial charge in [0.15, 0.2) is 0 Å². The maximum atomic E-state index is 13.1. The van der Waals surface area contributed by atoms with Gasteiger partial charge in [-0.1, -0.05) is 0 Å². The number of hydrogen-bond acceptors (Lipinski definition) is 8. The van der Waals surface area contributed by atoms with Gasteiger partial charge in [0.05, 0.1) is 17.7 Å². The third kappa shape index (κ3) is 6.13. The third-order valence-corrected chi connectivity index (χ3v) is 5.24. The number of ether oxygens (including phenoxy) is 1. The largest absolute Gasteiger partial charge is 0.437 e. The van der Waals surface area contributed by atoms with Crippen molar-refractivity contribution in [3.05, 3.63) is 101 Å². The van der Waals surface area contributed by atoms with Crippen LogP contribution in [0.3, 0.4) is 0 Å². The summed E-state index contributed by atoms with van der Waals surface area (Å²) in [5.74, 6) is 0.360. The molecule has 2 aromatic heterocycles. The number of amides is 1. The fourth-order valence-electron chi connectivity index (χ4n) is 3.52. The van der Waals surface area contributed by atoms with Gasteiger partial charge in [0.25, 0.3) is 5.91 Å². The minimum absolute atomic E-state index is 0.0595. The topological polar surface area (TPSA) is 137 Å². The highest BCUT2D eigenvalue weighted by Gasteiger charge is 2.19. The van der Waals surface area contributed by atoms with Gasteiger partial charge in [-0.3, -0.25) is 9.78 Å². The predicted octanol–water partition coefficient (Wildman–Crippen LogP) is 5.69. The molecule has 0 radical (unpaired) electrons. The number of nitriles is 2. The standard InChI is InChI=1S/C28H21N7O2/c1-18-14-21(4-3-11-29)15-19(2)25(18)37-27-24(26(36)33-23-9-12-31-13-10-23)17-32-28(35-27)34-22-7-5-20(16-30)6-8-22/h3-10,12-15,17H,1-2H3,(H,31,33,36)(H,32,34,35)/b4-3+. The number of carbonyl (C=O) groups excluding carboxylic acids is 1. The van der Waals surface area contributed by atoms with Gasteiger partial charge in [0, 0.05) is 36.0 Å². The maximum Gasteiger partial charge on any atom is 0.262 e. The molecule has 0 unspecified atom stereocenters. The summed E-state index contributed by atoms with van der Waals surface area (Å²) in [5, 5.41) is 23.7. The first-order valence-corrected chi connectivity index (χ1v) is 11.2. The molecule has 0 spiro atoms. The zero-order chi connectivity index (χ0) is 26.2. The number of rotatable bonds is 7. The molecule has 2 heterocycles. The first-order valence-electron chi connectivity index (χ1n) is 11.2. The van der Waals surface area contributed by atoms with Crippen molar-refractivity contribution in [3.8, 4) is 23.8 Å². The molecule has 0 atom stereocenters. The summed E-state index contributed by atoms with van der Waals surface area (Å²) in [6.07, 6.45) is 7.65. The molecule has 9 nitrogen and oxygen atoms in total. The second-order valence-corrected chi connectivity index (χ2v) is 7.96. The van der Waals surface area contributed by atoms with Crippen molar-refractivity contribution in [2.75, 3.05) is 10.6 Å². The van der Waals surface area contributed by atoms with E-state index in [1.807, 2.05) is 32.0 Å². The van der Waals surface area contributed by atoms with Crippen molar-refractivity contribution < 1.29 is 9.53 Å². The number of nitrogens with zero attached hydrogens (tertiary/aromatic N) is 5. The highest BCUT2D eigenvalue weighted by Crippen LogP contribution is 2.32. The van der Waals surface area contributed by atoms with Crippen LogP contribution in [0.2, 0.25) is 0 Å². The highest BCUT2D eigenvalue weighted by molar-refractivity contribution is 6.05. The van der Waals surface area contributed by atoms with E-state index in [-0.39, 0.29) is 17.4 Å². The Morgan fingerprint density at radius 3 is 2.35 bits per heavy atom. The van der Waals surface area contributed by atoms with E-state index in [1.165, 1.54) is 12.3 Å². The molecule has 1 amide bonds. The Kier molecular flexibility index (Phi) is 7.48. The van der Waals surface area contributed by atoms with Crippen molar-refractivity contribution >= 4 is 29.3 Å². The first-order chi connectivity index (χ1) is 18.0. The Morgan fingerprint density at radius 1 is 1.00 bits per heavy atom. The lowest BCUT2D eigenvalue weighted by Crippen LogP contribution is -2.15. The van der Waals surface area contributed by atoms with Gasteiger partial charge in [-0.15, -0.1) is 0 Å². The van der Waals surface area contributed by atoms with E-state index in [9.17, 15) is 4.79 Å². The van der Waals surface area contributed by atoms with E-state index in [4.69, 9.17) is 15.3 Å². The predicted molar refractivity (Wildman–Crippen MR) is 139 cm³/mol. The van der Waals surface area contributed by atoms with Crippen molar-refractivity contribution in [2.45, 2.75) is 13.8 Å². The molecule has 0 aliphatic carbocycles. The third-order valence-electron chi connectivity index (χ3n) is 5.24. The molecule has 9 heteroatoms. The molecule has 0 saturated heterocycles. The van der Waals surface area contributed by atoms with Gasteiger partial charge in [-0.05, 0) is 85.1 Å². The number of aryl methyl sites for hydroxylation is 2. The fraction of sp³-hybridized carbons (Fsp3) is 0.0714. The molecule has 4 rings (SSSR count). The molecular formula is C28H21N7O2. The molecule has 37 heavy (non-hydrogen) atoms. The SMILES string of the molecule is Cc1cc(/C=C/C#N)cc(C)c1Oc1nc(Nc2ccc(C#N)cc2)ncc1C(=O)Nc1ccncc1. The van der Waals surface area contributed by atoms with Gasteiger partial charge in [0.1, 0.15) is 11.3 Å². The molecule has 0 bridgehead atoms. The van der Waals surface area contributed by atoms with Crippen LogP contribution in [-0.4, -0.2) is 20.9 Å². The molecule has 0 saturated carbocycles. The summed E-state index contributed by atoms with van der Waals surface area (Å²) >= 11 is 0. The van der Waals surface area contributed by atoms with E-state index in [0.29, 0.717) is 22.7 Å². The number of nitrogens with one attached hydrogen (secondary N) is 2. The van der Waals surface area contributed by atoms with Crippen molar-refractivity contribution in [1.82, 2.24) is 15.0 Å². The van der Waals surface area contributed by atoms with E-state index in [1.54, 1.807) is 54.9 Å². The van der Waals surface area contributed by atoms with Gasteiger partial charge < -0.3 is 15.4 Å². The summed E-state index contributed by atoms with van der Waals surface area (Å²) < 4.78 is 6.21. The number of benzene rings is 2. The monoisotopic (exact) mass is 487 g/mol. The smallest absolute Gasteiger partial charge is 0.262 e. The molecule has 4 aromatic rings. The summed E-state index contributed by atoms with van der Waals surface area (Å²) in [5.41, 5.74) is 4.35. The minimum Gasteiger partial charge on any atom is -0.437 e. The van der Waals surface area contributed by atoms with Crippen LogP contribution in [0.5, 0.6) is 11.6 Å². The van der Waals surface area contributed by atoms with Crippen LogP contribution in [0.15, 0.2) is 73.2 Å². The Bertz CT molecular complexity index is 1530. The lowest BCUT2D eigenvalue weighted by atomic mass is 10.1. The van der Waals surface area contributed by atoms with Crippen LogP contribution in [0, 0.1) is 36.5 Å². The minimum atomic E-state index is -0.449. The number of allylic oxidation sites excluding steroid dienone is 1. The fourth-order valence-corrected chi connectivity index (χ4v) is 3.52. The zero-order valence-corrected chi connectivity index (χ0v) is 20.1.